The third-order valence-electron chi connectivity index (χ3n) is 0.996. The second-order valence-electron chi connectivity index (χ2n) is 1.79. The molecule has 0 aliphatic heterocycles. The Morgan fingerprint density at radius 1 is 1.67 bits per heavy atom. The molecule has 0 rings (SSSR count). The highest BCUT2D eigenvalue weighted by Crippen LogP contribution is 2.03. The van der Waals surface area contributed by atoms with Crippen LogP contribution in [0, 0.1) is 0 Å². The largest absolute Gasteiger partial charge is 0.394 e. The molecule has 54 valence electrons. The first-order valence-electron chi connectivity index (χ1n) is 2.76. The number of aliphatic hydroxyl groups excluding tert-OH is 2. The van der Waals surface area contributed by atoms with Gasteiger partial charge in [-0.15, -0.1) is 6.58 Å². The summed E-state index contributed by atoms with van der Waals surface area (Å²) in [6.45, 7) is 2.75. The molecule has 0 fully saturated rings. The van der Waals surface area contributed by atoms with Crippen molar-refractivity contribution in [1.82, 2.24) is 0 Å². The Balaban J connectivity index is 3.44. The van der Waals surface area contributed by atoms with Crippen LogP contribution < -0.4 is 0 Å². The van der Waals surface area contributed by atoms with Crippen LogP contribution in [0.5, 0.6) is 0 Å². The van der Waals surface area contributed by atoms with E-state index in [1.807, 2.05) is 0 Å². The molecular formula is C6H11FO2. The monoisotopic (exact) mass is 134 g/mol. The fraction of sp³-hybridized carbons (Fsp3) is 0.667. The van der Waals surface area contributed by atoms with Gasteiger partial charge in [-0.2, -0.15) is 0 Å². The van der Waals surface area contributed by atoms with Crippen LogP contribution in [0.1, 0.15) is 6.42 Å². The van der Waals surface area contributed by atoms with Gasteiger partial charge in [0.25, 0.3) is 0 Å². The number of aliphatic hydroxyl groups is 2. The van der Waals surface area contributed by atoms with Crippen LogP contribution in [-0.2, 0) is 0 Å². The van der Waals surface area contributed by atoms with E-state index in [0.29, 0.717) is 0 Å². The summed E-state index contributed by atoms with van der Waals surface area (Å²) in [5.41, 5.74) is 0. The molecule has 0 aliphatic carbocycles. The molecule has 0 saturated carbocycles. The first kappa shape index (κ1) is 8.59. The number of allylic oxidation sites excluding steroid dienone is 1. The maximum atomic E-state index is 12.3. The van der Waals surface area contributed by atoms with E-state index < -0.39 is 18.9 Å². The van der Waals surface area contributed by atoms with Crippen LogP contribution in [0.2, 0.25) is 0 Å². The van der Waals surface area contributed by atoms with E-state index in [2.05, 4.69) is 6.58 Å². The Labute approximate surface area is 53.6 Å². The van der Waals surface area contributed by atoms with Crippen LogP contribution in [0.4, 0.5) is 4.39 Å². The quantitative estimate of drug-likeness (QED) is 0.541. The first-order valence-corrected chi connectivity index (χ1v) is 2.76. The predicted octanol–water partition coefficient (Wildman–Crippen LogP) is 0.254. The number of hydrogen-bond acceptors (Lipinski definition) is 2. The molecule has 0 amide bonds. The minimum atomic E-state index is -1.38. The molecule has 3 heteroatoms. The van der Waals surface area contributed by atoms with Crippen LogP contribution in [0.25, 0.3) is 0 Å². The Bertz CT molecular complexity index is 85.1. The minimum absolute atomic E-state index is 0.0850. The van der Waals surface area contributed by atoms with Crippen LogP contribution in [0.15, 0.2) is 12.7 Å². The summed E-state index contributed by atoms with van der Waals surface area (Å²) in [5, 5.41) is 16.8. The van der Waals surface area contributed by atoms with Gasteiger partial charge in [0, 0.05) is 0 Å². The molecule has 0 unspecified atom stereocenters. The zero-order valence-electron chi connectivity index (χ0n) is 5.13. The van der Waals surface area contributed by atoms with Crippen molar-refractivity contribution >= 4 is 0 Å². The normalized spacial score (nSPS) is 16.8. The zero-order valence-corrected chi connectivity index (χ0v) is 5.13. The van der Waals surface area contributed by atoms with Gasteiger partial charge in [-0.3, -0.25) is 0 Å². The molecule has 2 atom stereocenters. The highest BCUT2D eigenvalue weighted by atomic mass is 19.1. The lowest BCUT2D eigenvalue weighted by atomic mass is 10.2. The Kier molecular flexibility index (Phi) is 4.26. The first-order chi connectivity index (χ1) is 4.22. The van der Waals surface area contributed by atoms with E-state index >= 15 is 0 Å². The van der Waals surface area contributed by atoms with Crippen molar-refractivity contribution in [3.8, 4) is 0 Å². The van der Waals surface area contributed by atoms with E-state index in [-0.39, 0.29) is 6.42 Å². The lowest BCUT2D eigenvalue weighted by molar-refractivity contribution is 0.0299. The van der Waals surface area contributed by atoms with E-state index in [1.54, 1.807) is 0 Å². The van der Waals surface area contributed by atoms with Crippen LogP contribution in [0.3, 0.4) is 0 Å². The van der Waals surface area contributed by atoms with Gasteiger partial charge in [0.05, 0.1) is 6.61 Å². The highest BCUT2D eigenvalue weighted by Gasteiger charge is 2.14. The van der Waals surface area contributed by atoms with Crippen molar-refractivity contribution < 1.29 is 14.6 Å². The SMILES string of the molecule is C=CC[C@H](F)[C@H](O)CO. The van der Waals surface area contributed by atoms with Gasteiger partial charge >= 0.3 is 0 Å². The molecule has 0 spiro atoms. The summed E-state index contributed by atoms with van der Waals surface area (Å²) in [4.78, 5) is 0. The van der Waals surface area contributed by atoms with Crippen LogP contribution in [-0.4, -0.2) is 29.1 Å². The average Bonchev–Trinajstić information content (AvgIpc) is 1.87. The molecular weight excluding hydrogens is 123 g/mol. The third-order valence-corrected chi connectivity index (χ3v) is 0.996. The van der Waals surface area contributed by atoms with E-state index in [9.17, 15) is 4.39 Å². The number of alkyl halides is 1. The molecule has 0 aliphatic rings. The van der Waals surface area contributed by atoms with Crippen molar-refractivity contribution in [2.75, 3.05) is 6.61 Å². The molecule has 0 aromatic heterocycles. The number of rotatable bonds is 4. The molecule has 0 saturated heterocycles. The van der Waals surface area contributed by atoms with Crippen molar-refractivity contribution in [3.63, 3.8) is 0 Å². The zero-order chi connectivity index (χ0) is 7.28. The van der Waals surface area contributed by atoms with Crippen LogP contribution >= 0.6 is 0 Å². The lowest BCUT2D eigenvalue weighted by Gasteiger charge is -2.09. The fourth-order valence-corrected chi connectivity index (χ4v) is 0.431. The maximum Gasteiger partial charge on any atom is 0.132 e. The topological polar surface area (TPSA) is 40.5 Å². The highest BCUT2D eigenvalue weighted by molar-refractivity contribution is 4.77. The Morgan fingerprint density at radius 3 is 2.56 bits per heavy atom. The summed E-state index contributed by atoms with van der Waals surface area (Å²) in [5.74, 6) is 0. The van der Waals surface area contributed by atoms with Gasteiger partial charge in [0.2, 0.25) is 0 Å². The van der Waals surface area contributed by atoms with Crippen molar-refractivity contribution in [3.05, 3.63) is 12.7 Å². The van der Waals surface area contributed by atoms with Gasteiger partial charge < -0.3 is 10.2 Å². The summed E-state index contributed by atoms with van der Waals surface area (Å²) in [6.07, 6.45) is -1.19. The molecule has 9 heavy (non-hydrogen) atoms. The van der Waals surface area contributed by atoms with E-state index in [0.717, 1.165) is 0 Å². The number of hydrogen-bond donors (Lipinski definition) is 2. The molecule has 0 aromatic carbocycles. The molecule has 0 aromatic rings. The molecule has 0 heterocycles. The summed E-state index contributed by atoms with van der Waals surface area (Å²) in [7, 11) is 0. The van der Waals surface area contributed by atoms with Crippen molar-refractivity contribution in [2.24, 2.45) is 0 Å². The lowest BCUT2D eigenvalue weighted by Crippen LogP contribution is -2.24. The molecule has 0 radical (unpaired) electrons. The molecule has 2 N–H and O–H groups in total. The Morgan fingerprint density at radius 2 is 2.22 bits per heavy atom. The Hall–Kier alpha value is -0.410. The van der Waals surface area contributed by atoms with E-state index in [1.165, 1.54) is 6.08 Å². The fourth-order valence-electron chi connectivity index (χ4n) is 0.431. The summed E-state index contributed by atoms with van der Waals surface area (Å²) < 4.78 is 12.3. The van der Waals surface area contributed by atoms with Gasteiger partial charge in [-0.1, -0.05) is 6.08 Å². The standard InChI is InChI=1S/C6H11FO2/c1-2-3-5(7)6(9)4-8/h2,5-6,8-9H,1,3-4H2/t5-,6+/m0/s1. The average molecular weight is 134 g/mol. The summed E-state index contributed by atoms with van der Waals surface area (Å²) in [6, 6.07) is 0. The second kappa shape index (κ2) is 4.47. The van der Waals surface area contributed by atoms with Gasteiger partial charge in [-0.25, -0.2) is 4.39 Å². The predicted molar refractivity (Wildman–Crippen MR) is 32.8 cm³/mol. The van der Waals surface area contributed by atoms with Gasteiger partial charge in [0.1, 0.15) is 12.3 Å². The second-order valence-corrected chi connectivity index (χ2v) is 1.79. The van der Waals surface area contributed by atoms with Crippen molar-refractivity contribution in [1.29, 1.82) is 0 Å². The van der Waals surface area contributed by atoms with E-state index in [4.69, 9.17) is 10.2 Å². The van der Waals surface area contributed by atoms with Gasteiger partial charge in [-0.05, 0) is 6.42 Å². The molecule has 0 bridgehead atoms. The van der Waals surface area contributed by atoms with Crippen molar-refractivity contribution in [2.45, 2.75) is 18.7 Å². The minimum Gasteiger partial charge on any atom is -0.394 e. The third kappa shape index (κ3) is 3.21. The van der Waals surface area contributed by atoms with Gasteiger partial charge in [0.15, 0.2) is 0 Å². The summed E-state index contributed by atoms with van der Waals surface area (Å²) >= 11 is 0. The smallest absolute Gasteiger partial charge is 0.132 e. The molecule has 2 nitrogen and oxygen atoms in total. The maximum absolute atomic E-state index is 12.3. The number of halogens is 1.